The van der Waals surface area contributed by atoms with Gasteiger partial charge >= 0.3 is 5.97 Å². The lowest BCUT2D eigenvalue weighted by Gasteiger charge is -2.36. The van der Waals surface area contributed by atoms with Crippen LogP contribution in [-0.2, 0) is 9.53 Å². The van der Waals surface area contributed by atoms with Crippen LogP contribution >= 0.6 is 0 Å². The molecule has 0 aromatic heterocycles. The predicted molar refractivity (Wildman–Crippen MR) is 86.4 cm³/mol. The zero-order valence-electron chi connectivity index (χ0n) is 12.5. The lowest BCUT2D eigenvalue weighted by Crippen LogP contribution is -2.31. The van der Waals surface area contributed by atoms with Gasteiger partial charge in [0.25, 0.3) is 0 Å². The topological polar surface area (TPSA) is 29.5 Å². The highest BCUT2D eigenvalue weighted by Crippen LogP contribution is 2.50. The summed E-state index contributed by atoms with van der Waals surface area (Å²) >= 11 is 0. The fourth-order valence-electron chi connectivity index (χ4n) is 3.49. The molecule has 110 valence electrons. The molecule has 2 aromatic rings. The molecule has 1 atom stereocenters. The Morgan fingerprint density at radius 2 is 1.86 bits per heavy atom. The second kappa shape index (κ2) is 5.02. The number of rotatable bonds is 2. The third-order valence-electron chi connectivity index (χ3n) is 4.36. The molecule has 0 saturated heterocycles. The summed E-state index contributed by atoms with van der Waals surface area (Å²) in [6.45, 7) is 2.23. The van der Waals surface area contributed by atoms with Crippen molar-refractivity contribution in [1.29, 1.82) is 0 Å². The maximum Gasteiger partial charge on any atom is 0.354 e. The number of fused-ring (bicyclic) bond motifs is 6. The number of nitrogens with zero attached hydrogens (tertiary/aromatic N) is 1. The van der Waals surface area contributed by atoms with E-state index < -0.39 is 0 Å². The molecule has 0 saturated carbocycles. The van der Waals surface area contributed by atoms with Crippen molar-refractivity contribution in [3.8, 4) is 11.1 Å². The Kier molecular flexibility index (Phi) is 3.00. The smallest absolute Gasteiger partial charge is 0.354 e. The molecule has 0 aliphatic carbocycles. The van der Waals surface area contributed by atoms with E-state index in [9.17, 15) is 4.79 Å². The maximum atomic E-state index is 12.3. The van der Waals surface area contributed by atoms with Gasteiger partial charge in [0, 0.05) is 11.3 Å². The Morgan fingerprint density at radius 1 is 1.14 bits per heavy atom. The number of ether oxygens (including phenoxy) is 1. The molecule has 22 heavy (non-hydrogen) atoms. The summed E-state index contributed by atoms with van der Waals surface area (Å²) in [6.07, 6.45) is 2.83. The second-order valence-electron chi connectivity index (χ2n) is 5.54. The Balaban J connectivity index is 1.88. The molecule has 0 bridgehead atoms. The van der Waals surface area contributed by atoms with Gasteiger partial charge in [0.2, 0.25) is 0 Å². The average Bonchev–Trinajstić information content (AvgIpc) is 3.01. The molecule has 0 spiro atoms. The molecule has 0 amide bonds. The zero-order valence-corrected chi connectivity index (χ0v) is 12.5. The molecule has 3 nitrogen and oxygen atoms in total. The average molecular weight is 291 g/mol. The lowest BCUT2D eigenvalue weighted by molar-refractivity contribution is -0.138. The van der Waals surface area contributed by atoms with Crippen molar-refractivity contribution >= 4 is 11.7 Å². The fourth-order valence-corrected chi connectivity index (χ4v) is 3.49. The minimum Gasteiger partial charge on any atom is -0.461 e. The summed E-state index contributed by atoms with van der Waals surface area (Å²) in [7, 11) is 0. The van der Waals surface area contributed by atoms with Crippen molar-refractivity contribution in [3.05, 3.63) is 65.9 Å². The van der Waals surface area contributed by atoms with Crippen molar-refractivity contribution in [3.63, 3.8) is 0 Å². The van der Waals surface area contributed by atoms with E-state index in [-0.39, 0.29) is 12.0 Å². The summed E-state index contributed by atoms with van der Waals surface area (Å²) in [5, 5.41) is 0. The largest absolute Gasteiger partial charge is 0.461 e. The summed E-state index contributed by atoms with van der Waals surface area (Å²) in [5.74, 6) is -0.237. The van der Waals surface area contributed by atoms with Gasteiger partial charge in [-0.3, -0.25) is 0 Å². The van der Waals surface area contributed by atoms with E-state index in [2.05, 4.69) is 41.3 Å². The monoisotopic (exact) mass is 291 g/mol. The van der Waals surface area contributed by atoms with Gasteiger partial charge < -0.3 is 9.64 Å². The van der Waals surface area contributed by atoms with E-state index in [0.717, 1.165) is 12.1 Å². The number of carbonyl (C=O) groups excluding carboxylic acids is 1. The van der Waals surface area contributed by atoms with Crippen molar-refractivity contribution in [1.82, 2.24) is 0 Å². The number of esters is 1. The molecule has 2 aliphatic rings. The molecule has 2 heterocycles. The predicted octanol–water partition coefficient (Wildman–Crippen LogP) is 4.07. The van der Waals surface area contributed by atoms with Crippen LogP contribution < -0.4 is 4.90 Å². The van der Waals surface area contributed by atoms with Crippen LogP contribution in [0.25, 0.3) is 11.1 Å². The Hall–Kier alpha value is -2.55. The molecule has 0 fully saturated rings. The number of para-hydroxylation sites is 1. The van der Waals surface area contributed by atoms with Crippen LogP contribution in [0.2, 0.25) is 0 Å². The van der Waals surface area contributed by atoms with Crippen LogP contribution in [0, 0.1) is 0 Å². The van der Waals surface area contributed by atoms with Crippen molar-refractivity contribution in [2.24, 2.45) is 0 Å². The first kappa shape index (κ1) is 13.1. The third kappa shape index (κ3) is 1.78. The summed E-state index contributed by atoms with van der Waals surface area (Å²) < 4.78 is 5.23. The van der Waals surface area contributed by atoms with Crippen LogP contribution in [0.3, 0.4) is 0 Å². The molecule has 1 unspecified atom stereocenters. The molecule has 0 radical (unpaired) electrons. The van der Waals surface area contributed by atoms with E-state index in [0.29, 0.717) is 12.3 Å². The minimum absolute atomic E-state index is 0.186. The first-order valence-corrected chi connectivity index (χ1v) is 7.66. The van der Waals surface area contributed by atoms with E-state index in [1.54, 1.807) is 0 Å². The second-order valence-corrected chi connectivity index (χ2v) is 5.54. The molecule has 0 N–H and O–H groups in total. The van der Waals surface area contributed by atoms with E-state index in [4.69, 9.17) is 4.74 Å². The molecular weight excluding hydrogens is 274 g/mol. The molecule has 2 aromatic carbocycles. The molecular formula is C19H17NO2. The normalized spacial score (nSPS) is 18.1. The minimum atomic E-state index is -0.237. The van der Waals surface area contributed by atoms with Crippen molar-refractivity contribution in [2.75, 3.05) is 11.5 Å². The first-order chi connectivity index (χ1) is 10.8. The fraction of sp³-hybridized carbons (Fsp3) is 0.211. The number of anilines is 1. The summed E-state index contributed by atoms with van der Waals surface area (Å²) in [4.78, 5) is 14.4. The van der Waals surface area contributed by atoms with Crippen LogP contribution in [0.5, 0.6) is 0 Å². The Bertz CT molecular complexity index is 779. The highest BCUT2D eigenvalue weighted by atomic mass is 16.5. The lowest BCUT2D eigenvalue weighted by atomic mass is 9.88. The standard InChI is InChI=1S/C19H17NO2/c1-2-22-19(21)18-12-11-17-15-8-4-3-7-13(15)14-9-5-6-10-16(14)20(17)18/h3-10,12,17H,2,11H2,1H3. The number of carbonyl (C=O) groups is 1. The number of hydrogen-bond acceptors (Lipinski definition) is 3. The maximum absolute atomic E-state index is 12.3. The third-order valence-corrected chi connectivity index (χ3v) is 4.36. The van der Waals surface area contributed by atoms with E-state index in [1.165, 1.54) is 16.7 Å². The highest BCUT2D eigenvalue weighted by molar-refractivity contribution is 5.98. The van der Waals surface area contributed by atoms with Gasteiger partial charge in [-0.1, -0.05) is 48.5 Å². The van der Waals surface area contributed by atoms with Crippen LogP contribution in [0.15, 0.2) is 60.3 Å². The molecule has 3 heteroatoms. The quantitative estimate of drug-likeness (QED) is 0.781. The van der Waals surface area contributed by atoms with Gasteiger partial charge in [-0.05, 0) is 30.5 Å². The first-order valence-electron chi connectivity index (χ1n) is 7.66. The van der Waals surface area contributed by atoms with Gasteiger partial charge in [-0.2, -0.15) is 0 Å². The van der Waals surface area contributed by atoms with E-state index in [1.807, 2.05) is 25.1 Å². The molecule has 4 rings (SSSR count). The SMILES string of the molecule is CCOC(=O)C1=CCC2c3ccccc3-c3ccccc3N12. The van der Waals surface area contributed by atoms with Crippen LogP contribution in [0.4, 0.5) is 5.69 Å². The van der Waals surface area contributed by atoms with Crippen LogP contribution in [0.1, 0.15) is 24.9 Å². The highest BCUT2D eigenvalue weighted by Gasteiger charge is 2.38. The number of benzene rings is 2. The number of hydrogen-bond donors (Lipinski definition) is 0. The Labute approximate surface area is 129 Å². The summed E-state index contributed by atoms with van der Waals surface area (Å²) in [6, 6.07) is 16.9. The van der Waals surface area contributed by atoms with Crippen LogP contribution in [-0.4, -0.2) is 12.6 Å². The van der Waals surface area contributed by atoms with Gasteiger partial charge in [0.15, 0.2) is 0 Å². The van der Waals surface area contributed by atoms with Crippen molar-refractivity contribution < 1.29 is 9.53 Å². The van der Waals surface area contributed by atoms with E-state index >= 15 is 0 Å². The Morgan fingerprint density at radius 3 is 2.68 bits per heavy atom. The van der Waals surface area contributed by atoms with Crippen molar-refractivity contribution in [2.45, 2.75) is 19.4 Å². The molecule has 2 aliphatic heterocycles. The van der Waals surface area contributed by atoms with Gasteiger partial charge in [0.1, 0.15) is 5.70 Å². The van der Waals surface area contributed by atoms with Gasteiger partial charge in [-0.15, -0.1) is 0 Å². The zero-order chi connectivity index (χ0) is 15.1. The summed E-state index contributed by atoms with van der Waals surface area (Å²) in [5.41, 5.74) is 5.46. The van der Waals surface area contributed by atoms with Gasteiger partial charge in [-0.25, -0.2) is 4.79 Å². The van der Waals surface area contributed by atoms with Gasteiger partial charge in [0.05, 0.1) is 12.6 Å².